The highest BCUT2D eigenvalue weighted by Crippen LogP contribution is 2.28. The summed E-state index contributed by atoms with van der Waals surface area (Å²) >= 11 is 0. The van der Waals surface area contributed by atoms with Gasteiger partial charge in [-0.2, -0.15) is 0 Å². The summed E-state index contributed by atoms with van der Waals surface area (Å²) < 4.78 is 0. The number of carbonyl (C=O) groups is 3. The molecule has 1 aliphatic heterocycles. The highest BCUT2D eigenvalue weighted by Gasteiger charge is 2.38. The number of amides is 2. The van der Waals surface area contributed by atoms with Crippen LogP contribution in [0, 0.1) is 25.7 Å². The molecule has 1 heterocycles. The van der Waals surface area contributed by atoms with Gasteiger partial charge in [0.1, 0.15) is 5.92 Å². The minimum absolute atomic E-state index is 0.0263. The maximum Gasteiger partial charge on any atom is 0.306 e. The van der Waals surface area contributed by atoms with Gasteiger partial charge >= 0.3 is 5.97 Å². The van der Waals surface area contributed by atoms with Gasteiger partial charge in [0.2, 0.25) is 11.8 Å². The number of rotatable bonds is 4. The van der Waals surface area contributed by atoms with E-state index >= 15 is 0 Å². The lowest BCUT2D eigenvalue weighted by atomic mass is 9.86. The largest absolute Gasteiger partial charge is 0.481 e. The highest BCUT2D eigenvalue weighted by molar-refractivity contribution is 6.09. The van der Waals surface area contributed by atoms with Crippen molar-refractivity contribution in [2.45, 2.75) is 52.0 Å². The molecule has 1 aromatic rings. The van der Waals surface area contributed by atoms with E-state index in [9.17, 15) is 14.4 Å². The smallest absolute Gasteiger partial charge is 0.306 e. The normalized spacial score (nSPS) is 26.0. The van der Waals surface area contributed by atoms with Gasteiger partial charge in [0.15, 0.2) is 0 Å². The molecule has 1 aliphatic carbocycles. The van der Waals surface area contributed by atoms with Crippen LogP contribution in [0.25, 0.3) is 0 Å². The van der Waals surface area contributed by atoms with Crippen LogP contribution in [0.1, 0.15) is 43.2 Å². The molecule has 2 fully saturated rings. The Labute approximate surface area is 153 Å². The Morgan fingerprint density at radius 3 is 2.38 bits per heavy atom. The maximum absolute atomic E-state index is 12.7. The van der Waals surface area contributed by atoms with E-state index in [0.717, 1.165) is 11.3 Å². The standard InChI is InChI=1S/C20H26N2O4/c1-12-3-8-16(11-13(12)2)22-10-9-17(19(22)24)18(23)21-15-6-4-14(5-7-15)20(25)26/h3,8,11,14-15,17H,4-7,9-10H2,1-2H3,(H,21,23)(H,25,26). The average Bonchev–Trinajstić information content (AvgIpc) is 2.99. The quantitative estimate of drug-likeness (QED) is 0.809. The zero-order chi connectivity index (χ0) is 18.8. The van der Waals surface area contributed by atoms with Crippen molar-refractivity contribution in [1.82, 2.24) is 5.32 Å². The number of hydrogen-bond acceptors (Lipinski definition) is 3. The summed E-state index contributed by atoms with van der Waals surface area (Å²) in [6, 6.07) is 5.88. The second-order valence-electron chi connectivity index (χ2n) is 7.50. The molecule has 2 aliphatic rings. The first kappa shape index (κ1) is 18.4. The summed E-state index contributed by atoms with van der Waals surface area (Å²) in [7, 11) is 0. The number of nitrogens with zero attached hydrogens (tertiary/aromatic N) is 1. The van der Waals surface area contributed by atoms with Gasteiger partial charge in [-0.05, 0) is 69.2 Å². The van der Waals surface area contributed by atoms with E-state index in [2.05, 4.69) is 5.32 Å². The molecule has 26 heavy (non-hydrogen) atoms. The fraction of sp³-hybridized carbons (Fsp3) is 0.550. The summed E-state index contributed by atoms with van der Waals surface area (Å²) in [6.45, 7) is 4.59. The number of aliphatic carboxylic acids is 1. The maximum atomic E-state index is 12.7. The van der Waals surface area contributed by atoms with Gasteiger partial charge in [-0.15, -0.1) is 0 Å². The van der Waals surface area contributed by atoms with Gasteiger partial charge in [-0.25, -0.2) is 0 Å². The van der Waals surface area contributed by atoms with Crippen LogP contribution in [0.5, 0.6) is 0 Å². The number of hydrogen-bond donors (Lipinski definition) is 2. The number of benzene rings is 1. The molecule has 140 valence electrons. The Bertz CT molecular complexity index is 723. The number of nitrogens with one attached hydrogen (secondary N) is 1. The Morgan fingerprint density at radius 2 is 1.77 bits per heavy atom. The van der Waals surface area contributed by atoms with Crippen molar-refractivity contribution in [2.24, 2.45) is 11.8 Å². The van der Waals surface area contributed by atoms with Gasteiger partial charge in [-0.1, -0.05) is 6.07 Å². The van der Waals surface area contributed by atoms with Crippen molar-refractivity contribution in [3.63, 3.8) is 0 Å². The molecule has 0 spiro atoms. The van der Waals surface area contributed by atoms with Crippen molar-refractivity contribution >= 4 is 23.5 Å². The van der Waals surface area contributed by atoms with E-state index in [0.29, 0.717) is 38.6 Å². The summed E-state index contributed by atoms with van der Waals surface area (Å²) in [4.78, 5) is 38.0. The van der Waals surface area contributed by atoms with Crippen molar-refractivity contribution < 1.29 is 19.5 Å². The van der Waals surface area contributed by atoms with E-state index in [1.807, 2.05) is 32.0 Å². The Hall–Kier alpha value is -2.37. The van der Waals surface area contributed by atoms with Crippen LogP contribution >= 0.6 is 0 Å². The van der Waals surface area contributed by atoms with Crippen molar-refractivity contribution in [3.05, 3.63) is 29.3 Å². The fourth-order valence-corrected chi connectivity index (χ4v) is 3.86. The predicted octanol–water partition coefficient (Wildman–Crippen LogP) is 2.42. The molecule has 1 saturated heterocycles. The summed E-state index contributed by atoms with van der Waals surface area (Å²) in [5, 5.41) is 12.0. The van der Waals surface area contributed by atoms with Crippen LogP contribution in [0.15, 0.2) is 18.2 Å². The second kappa shape index (κ2) is 7.48. The van der Waals surface area contributed by atoms with Crippen LogP contribution in [0.2, 0.25) is 0 Å². The molecule has 6 nitrogen and oxygen atoms in total. The first-order valence-corrected chi connectivity index (χ1v) is 9.28. The molecule has 1 atom stereocenters. The number of carboxylic acid groups (broad SMARTS) is 1. The zero-order valence-electron chi connectivity index (χ0n) is 15.3. The second-order valence-corrected chi connectivity index (χ2v) is 7.50. The molecule has 1 aromatic carbocycles. The Balaban J connectivity index is 1.58. The van der Waals surface area contributed by atoms with Gasteiger partial charge in [0, 0.05) is 18.3 Å². The topological polar surface area (TPSA) is 86.7 Å². The first-order chi connectivity index (χ1) is 12.4. The van der Waals surface area contributed by atoms with Crippen LogP contribution < -0.4 is 10.2 Å². The number of anilines is 1. The lowest BCUT2D eigenvalue weighted by Crippen LogP contribution is -2.43. The van der Waals surface area contributed by atoms with Crippen LogP contribution in [-0.2, 0) is 14.4 Å². The summed E-state index contributed by atoms with van der Waals surface area (Å²) in [6.07, 6.45) is 2.98. The molecular formula is C20H26N2O4. The lowest BCUT2D eigenvalue weighted by Gasteiger charge is -2.27. The number of aryl methyl sites for hydroxylation is 2. The Morgan fingerprint density at radius 1 is 1.08 bits per heavy atom. The molecule has 6 heteroatoms. The van der Waals surface area contributed by atoms with Crippen molar-refractivity contribution in [3.8, 4) is 0 Å². The molecule has 0 aromatic heterocycles. The third kappa shape index (κ3) is 3.74. The molecule has 1 saturated carbocycles. The molecule has 2 amide bonds. The third-order valence-corrected chi connectivity index (χ3v) is 5.75. The molecule has 2 N–H and O–H groups in total. The van der Waals surface area contributed by atoms with E-state index < -0.39 is 11.9 Å². The highest BCUT2D eigenvalue weighted by atomic mass is 16.4. The zero-order valence-corrected chi connectivity index (χ0v) is 15.3. The molecule has 1 unspecified atom stereocenters. The van der Waals surface area contributed by atoms with Gasteiger partial charge in [-0.3, -0.25) is 14.4 Å². The third-order valence-electron chi connectivity index (χ3n) is 5.75. The van der Waals surface area contributed by atoms with Gasteiger partial charge in [0.25, 0.3) is 0 Å². The Kier molecular flexibility index (Phi) is 5.30. The van der Waals surface area contributed by atoms with E-state index in [-0.39, 0.29) is 23.8 Å². The number of carboxylic acids is 1. The van der Waals surface area contributed by atoms with Crippen LogP contribution in [-0.4, -0.2) is 35.5 Å². The number of carbonyl (C=O) groups excluding carboxylic acids is 2. The van der Waals surface area contributed by atoms with Crippen LogP contribution in [0.4, 0.5) is 5.69 Å². The van der Waals surface area contributed by atoms with Gasteiger partial charge in [0.05, 0.1) is 5.92 Å². The average molecular weight is 358 g/mol. The summed E-state index contributed by atoms with van der Waals surface area (Å²) in [5.41, 5.74) is 3.14. The van der Waals surface area contributed by atoms with E-state index in [1.54, 1.807) is 4.90 Å². The fourth-order valence-electron chi connectivity index (χ4n) is 3.86. The molecule has 0 bridgehead atoms. The predicted molar refractivity (Wildman–Crippen MR) is 97.9 cm³/mol. The molecule has 3 rings (SSSR count). The van der Waals surface area contributed by atoms with Crippen molar-refractivity contribution in [1.29, 1.82) is 0 Å². The lowest BCUT2D eigenvalue weighted by molar-refractivity contribution is -0.142. The van der Waals surface area contributed by atoms with E-state index in [4.69, 9.17) is 5.11 Å². The summed E-state index contributed by atoms with van der Waals surface area (Å²) in [5.74, 6) is -2.08. The van der Waals surface area contributed by atoms with Crippen molar-refractivity contribution in [2.75, 3.05) is 11.4 Å². The minimum atomic E-state index is -0.759. The van der Waals surface area contributed by atoms with Gasteiger partial charge < -0.3 is 15.3 Å². The van der Waals surface area contributed by atoms with Crippen LogP contribution in [0.3, 0.4) is 0 Å². The molecule has 0 radical (unpaired) electrons. The van der Waals surface area contributed by atoms with E-state index in [1.165, 1.54) is 5.56 Å². The first-order valence-electron chi connectivity index (χ1n) is 9.28. The monoisotopic (exact) mass is 358 g/mol. The SMILES string of the molecule is Cc1ccc(N2CCC(C(=O)NC3CCC(C(=O)O)CC3)C2=O)cc1C. The minimum Gasteiger partial charge on any atom is -0.481 e. The molecular weight excluding hydrogens is 332 g/mol.